The molecule has 0 saturated heterocycles. The van der Waals surface area contributed by atoms with E-state index < -0.39 is 0 Å². The van der Waals surface area contributed by atoms with E-state index in [1.807, 2.05) is 78.9 Å². The Balaban J connectivity index is 1.30. The van der Waals surface area contributed by atoms with E-state index in [1.54, 1.807) is 15.6 Å². The van der Waals surface area contributed by atoms with Crippen LogP contribution in [-0.4, -0.2) is 32.0 Å². The standard InChI is InChI=1S/C29H21N7O2/c30-18-20-5-3-4-19(16-20)8-15-26-32-33-34-36(26)23-12-10-22(11-13-23)35-25-14-9-21-6-1-2-7-24(21)29(25)31-27(37)17-28(35)38/h1-7,9-14,16H,8,15,17H2,(H,31,37). The maximum Gasteiger partial charge on any atom is 0.241 e. The number of benzene rings is 4. The molecule has 0 bridgehead atoms. The minimum absolute atomic E-state index is 0.255. The van der Waals surface area contributed by atoms with Crippen molar-refractivity contribution in [3.8, 4) is 11.8 Å². The molecule has 0 spiro atoms. The van der Waals surface area contributed by atoms with Crippen molar-refractivity contribution in [3.05, 3.63) is 102 Å². The lowest BCUT2D eigenvalue weighted by atomic mass is 10.1. The number of nitrogens with zero attached hydrogens (tertiary/aromatic N) is 6. The Morgan fingerprint density at radius 1 is 0.895 bits per heavy atom. The third kappa shape index (κ3) is 4.24. The van der Waals surface area contributed by atoms with Crippen molar-refractivity contribution < 1.29 is 9.59 Å². The second-order valence-electron chi connectivity index (χ2n) is 8.97. The molecule has 6 rings (SSSR count). The number of carbonyl (C=O) groups excluding carboxylic acids is 2. The van der Waals surface area contributed by atoms with Gasteiger partial charge in [-0.3, -0.25) is 14.5 Å². The van der Waals surface area contributed by atoms with Crippen molar-refractivity contribution in [1.82, 2.24) is 20.2 Å². The molecule has 0 fully saturated rings. The Kier molecular flexibility index (Phi) is 5.82. The Morgan fingerprint density at radius 3 is 2.55 bits per heavy atom. The van der Waals surface area contributed by atoms with Crippen LogP contribution in [0.25, 0.3) is 16.5 Å². The first kappa shape index (κ1) is 23.1. The van der Waals surface area contributed by atoms with Gasteiger partial charge in [0.15, 0.2) is 5.82 Å². The zero-order valence-corrected chi connectivity index (χ0v) is 20.2. The number of aromatic nitrogens is 4. The highest BCUT2D eigenvalue weighted by Crippen LogP contribution is 2.40. The number of hydrogen-bond donors (Lipinski definition) is 1. The molecule has 4 aromatic carbocycles. The van der Waals surface area contributed by atoms with Crippen molar-refractivity contribution in [3.63, 3.8) is 0 Å². The highest BCUT2D eigenvalue weighted by Gasteiger charge is 2.28. The van der Waals surface area contributed by atoms with Crippen LogP contribution in [0.2, 0.25) is 0 Å². The van der Waals surface area contributed by atoms with Gasteiger partial charge in [-0.2, -0.15) is 9.94 Å². The zero-order chi connectivity index (χ0) is 26.1. The number of anilines is 3. The third-order valence-corrected chi connectivity index (χ3v) is 6.55. The maximum absolute atomic E-state index is 13.2. The average Bonchev–Trinajstić information content (AvgIpc) is 3.37. The quantitative estimate of drug-likeness (QED) is 0.357. The van der Waals surface area contributed by atoms with E-state index in [2.05, 4.69) is 26.9 Å². The first-order chi connectivity index (χ1) is 18.6. The van der Waals surface area contributed by atoms with Gasteiger partial charge in [0.05, 0.1) is 28.7 Å². The van der Waals surface area contributed by atoms with Crippen molar-refractivity contribution in [1.29, 1.82) is 5.26 Å². The minimum Gasteiger partial charge on any atom is -0.323 e. The normalized spacial score (nSPS) is 13.1. The van der Waals surface area contributed by atoms with E-state index in [4.69, 9.17) is 5.26 Å². The lowest BCUT2D eigenvalue weighted by Crippen LogP contribution is -2.26. The predicted octanol–water partition coefficient (Wildman–Crippen LogP) is 4.48. The Labute approximate surface area is 217 Å². The number of rotatable bonds is 5. The summed E-state index contributed by atoms with van der Waals surface area (Å²) in [6.07, 6.45) is 1.01. The summed E-state index contributed by atoms with van der Waals surface area (Å²) < 4.78 is 1.66. The molecular weight excluding hydrogens is 478 g/mol. The second-order valence-corrected chi connectivity index (χ2v) is 8.97. The van der Waals surface area contributed by atoms with Gasteiger partial charge in [0.25, 0.3) is 0 Å². The summed E-state index contributed by atoms with van der Waals surface area (Å²) in [5.74, 6) is 0.0231. The smallest absolute Gasteiger partial charge is 0.241 e. The first-order valence-corrected chi connectivity index (χ1v) is 12.1. The van der Waals surface area contributed by atoms with Gasteiger partial charge >= 0.3 is 0 Å². The fourth-order valence-electron chi connectivity index (χ4n) is 4.75. The molecule has 0 saturated carbocycles. The van der Waals surface area contributed by atoms with Crippen LogP contribution in [0, 0.1) is 11.3 Å². The molecule has 38 heavy (non-hydrogen) atoms. The summed E-state index contributed by atoms with van der Waals surface area (Å²) in [5.41, 5.74) is 4.26. The van der Waals surface area contributed by atoms with Crippen molar-refractivity contribution in [2.45, 2.75) is 19.3 Å². The number of hydrogen-bond acceptors (Lipinski definition) is 6. The zero-order valence-electron chi connectivity index (χ0n) is 20.2. The summed E-state index contributed by atoms with van der Waals surface area (Å²) in [5, 5.41) is 26.1. The molecule has 2 amide bonds. The first-order valence-electron chi connectivity index (χ1n) is 12.1. The number of fused-ring (bicyclic) bond motifs is 3. The van der Waals surface area contributed by atoms with Gasteiger partial charge in [-0.25, -0.2) is 0 Å². The number of nitrogens with one attached hydrogen (secondary N) is 1. The van der Waals surface area contributed by atoms with Crippen molar-refractivity contribution >= 4 is 39.6 Å². The van der Waals surface area contributed by atoms with E-state index in [-0.39, 0.29) is 18.2 Å². The number of aryl methyl sites for hydroxylation is 2. The van der Waals surface area contributed by atoms with Gasteiger partial charge in [0.1, 0.15) is 6.42 Å². The van der Waals surface area contributed by atoms with Crippen LogP contribution in [0.15, 0.2) is 84.9 Å². The summed E-state index contributed by atoms with van der Waals surface area (Å²) >= 11 is 0. The highest BCUT2D eigenvalue weighted by atomic mass is 16.2. The SMILES string of the molecule is N#Cc1cccc(CCc2nnnn2-c2ccc(N3C(=O)CC(=O)Nc4c3ccc3ccccc43)cc2)c1. The van der Waals surface area contributed by atoms with Crippen LogP contribution in [0.5, 0.6) is 0 Å². The lowest BCUT2D eigenvalue weighted by Gasteiger charge is -2.23. The third-order valence-electron chi connectivity index (χ3n) is 6.55. The van der Waals surface area contributed by atoms with Crippen LogP contribution in [0.4, 0.5) is 17.1 Å². The fraction of sp³-hybridized carbons (Fsp3) is 0.103. The molecule has 9 heteroatoms. The molecule has 0 aliphatic carbocycles. The Bertz CT molecular complexity index is 1730. The minimum atomic E-state index is -0.342. The lowest BCUT2D eigenvalue weighted by molar-refractivity contribution is -0.124. The van der Waals surface area contributed by atoms with Gasteiger partial charge in [0.2, 0.25) is 11.8 Å². The molecule has 5 aromatic rings. The monoisotopic (exact) mass is 499 g/mol. The molecule has 1 aliphatic rings. The number of carbonyl (C=O) groups is 2. The van der Waals surface area contributed by atoms with Gasteiger partial charge in [-0.15, -0.1) is 5.10 Å². The molecule has 0 radical (unpaired) electrons. The van der Waals surface area contributed by atoms with Gasteiger partial charge in [-0.1, -0.05) is 42.5 Å². The van der Waals surface area contributed by atoms with E-state index in [0.717, 1.165) is 22.0 Å². The van der Waals surface area contributed by atoms with Crippen LogP contribution < -0.4 is 10.2 Å². The molecule has 1 N–H and O–H groups in total. The summed E-state index contributed by atoms with van der Waals surface area (Å²) in [6.45, 7) is 0. The molecule has 0 unspecified atom stereocenters. The van der Waals surface area contributed by atoms with Crippen LogP contribution in [0.1, 0.15) is 23.4 Å². The molecular formula is C29H21N7O2. The van der Waals surface area contributed by atoms with E-state index in [0.29, 0.717) is 41.3 Å². The van der Waals surface area contributed by atoms with E-state index in [9.17, 15) is 9.59 Å². The topological polar surface area (TPSA) is 117 Å². The predicted molar refractivity (Wildman–Crippen MR) is 142 cm³/mol. The van der Waals surface area contributed by atoms with Gasteiger partial charge in [0, 0.05) is 17.5 Å². The number of nitriles is 1. The largest absolute Gasteiger partial charge is 0.323 e. The molecule has 0 atom stereocenters. The summed E-state index contributed by atoms with van der Waals surface area (Å²) in [4.78, 5) is 27.3. The number of tetrazole rings is 1. The van der Waals surface area contributed by atoms with Crippen molar-refractivity contribution in [2.75, 3.05) is 10.2 Å². The summed E-state index contributed by atoms with van der Waals surface area (Å²) in [7, 11) is 0. The highest BCUT2D eigenvalue weighted by molar-refractivity contribution is 6.21. The fourth-order valence-corrected chi connectivity index (χ4v) is 4.75. The van der Waals surface area contributed by atoms with E-state index >= 15 is 0 Å². The molecule has 184 valence electrons. The summed E-state index contributed by atoms with van der Waals surface area (Å²) in [6, 6.07) is 28.5. The Hall–Kier alpha value is -5.36. The Morgan fingerprint density at radius 2 is 1.71 bits per heavy atom. The average molecular weight is 500 g/mol. The van der Waals surface area contributed by atoms with Crippen molar-refractivity contribution in [2.24, 2.45) is 0 Å². The molecule has 9 nitrogen and oxygen atoms in total. The maximum atomic E-state index is 13.2. The van der Waals surface area contributed by atoms with Crippen LogP contribution >= 0.6 is 0 Å². The molecule has 1 aromatic heterocycles. The van der Waals surface area contributed by atoms with Crippen LogP contribution in [-0.2, 0) is 22.4 Å². The molecule has 1 aliphatic heterocycles. The van der Waals surface area contributed by atoms with Gasteiger partial charge < -0.3 is 5.32 Å². The van der Waals surface area contributed by atoms with Gasteiger partial charge in [-0.05, 0) is 70.3 Å². The second kappa shape index (κ2) is 9.59. The number of amides is 2. The molecule has 2 heterocycles. The van der Waals surface area contributed by atoms with E-state index in [1.165, 1.54) is 0 Å². The van der Waals surface area contributed by atoms with Crippen LogP contribution in [0.3, 0.4) is 0 Å².